The van der Waals surface area contributed by atoms with Gasteiger partial charge in [-0.1, -0.05) is 12.1 Å². The second kappa shape index (κ2) is 6.89. The monoisotopic (exact) mass is 318 g/mol. The first-order chi connectivity index (χ1) is 8.96. The normalized spacial score (nSPS) is 19.9. The highest BCUT2D eigenvalue weighted by atomic mass is 35.5. The molecule has 4 nitrogen and oxygen atoms in total. The molecule has 1 unspecified atom stereocenters. The lowest BCUT2D eigenvalue weighted by Crippen LogP contribution is -2.41. The van der Waals surface area contributed by atoms with Crippen LogP contribution in [0.4, 0.5) is 0 Å². The van der Waals surface area contributed by atoms with E-state index in [1.54, 1.807) is 10.4 Å². The molecule has 0 aromatic heterocycles. The largest absolute Gasteiger partial charge is 0.318 e. The van der Waals surface area contributed by atoms with Crippen molar-refractivity contribution in [2.75, 3.05) is 20.1 Å². The minimum atomic E-state index is -3.37. The molecule has 0 saturated carbocycles. The molecule has 1 aromatic rings. The first-order valence-electron chi connectivity index (χ1n) is 6.70. The summed E-state index contributed by atoms with van der Waals surface area (Å²) in [6.45, 7) is 5.12. The van der Waals surface area contributed by atoms with E-state index >= 15 is 0 Å². The molecule has 0 radical (unpaired) electrons. The number of halogens is 1. The van der Waals surface area contributed by atoms with Crippen molar-refractivity contribution in [3.05, 3.63) is 29.3 Å². The zero-order valence-corrected chi connectivity index (χ0v) is 13.9. The molecule has 2 rings (SSSR count). The maximum absolute atomic E-state index is 12.8. The van der Waals surface area contributed by atoms with Gasteiger partial charge in [0.05, 0.1) is 4.90 Å². The fourth-order valence-corrected chi connectivity index (χ4v) is 4.68. The van der Waals surface area contributed by atoms with Gasteiger partial charge in [-0.3, -0.25) is 0 Å². The highest BCUT2D eigenvalue weighted by Gasteiger charge is 2.35. The average Bonchev–Trinajstić information content (AvgIpc) is 2.81. The maximum Gasteiger partial charge on any atom is 0.243 e. The van der Waals surface area contributed by atoms with Crippen LogP contribution in [0.5, 0.6) is 0 Å². The fourth-order valence-electron chi connectivity index (χ4n) is 2.68. The van der Waals surface area contributed by atoms with E-state index in [1.165, 1.54) is 0 Å². The summed E-state index contributed by atoms with van der Waals surface area (Å²) in [5.74, 6) is 0. The van der Waals surface area contributed by atoms with Crippen LogP contribution in [0.1, 0.15) is 24.0 Å². The van der Waals surface area contributed by atoms with Crippen molar-refractivity contribution < 1.29 is 8.42 Å². The molecule has 1 aromatic carbocycles. The number of rotatable bonds is 4. The second-order valence-electron chi connectivity index (χ2n) is 5.24. The van der Waals surface area contributed by atoms with Crippen LogP contribution in [0.3, 0.4) is 0 Å². The number of nitrogens with one attached hydrogen (secondary N) is 1. The van der Waals surface area contributed by atoms with Gasteiger partial charge >= 0.3 is 0 Å². The van der Waals surface area contributed by atoms with Crippen molar-refractivity contribution >= 4 is 22.4 Å². The first-order valence-corrected chi connectivity index (χ1v) is 8.14. The molecule has 1 aliphatic rings. The van der Waals surface area contributed by atoms with Gasteiger partial charge in [-0.25, -0.2) is 8.42 Å². The Hall–Kier alpha value is -0.620. The molecule has 0 aliphatic carbocycles. The summed E-state index contributed by atoms with van der Waals surface area (Å²) in [7, 11) is -1.51. The molecule has 1 N–H and O–H groups in total. The molecule has 6 heteroatoms. The minimum absolute atomic E-state index is 0. The quantitative estimate of drug-likeness (QED) is 0.925. The van der Waals surface area contributed by atoms with Gasteiger partial charge in [-0.15, -0.1) is 12.4 Å². The zero-order valence-electron chi connectivity index (χ0n) is 12.2. The van der Waals surface area contributed by atoms with Crippen molar-refractivity contribution in [2.45, 2.75) is 37.6 Å². The third-order valence-electron chi connectivity index (χ3n) is 3.69. The van der Waals surface area contributed by atoms with E-state index in [0.29, 0.717) is 18.0 Å². The molecule has 1 heterocycles. The summed E-state index contributed by atoms with van der Waals surface area (Å²) in [6, 6.07) is 5.68. The molecule has 20 heavy (non-hydrogen) atoms. The predicted molar refractivity (Wildman–Crippen MR) is 84.0 cm³/mol. The number of hydrogen-bond acceptors (Lipinski definition) is 3. The lowest BCUT2D eigenvalue weighted by molar-refractivity contribution is 0.379. The van der Waals surface area contributed by atoms with Gasteiger partial charge in [0.25, 0.3) is 0 Å². The standard InChI is InChI=1S/C14H22N2O2S.ClH/c1-11-6-7-12(2)14(9-11)19(17,18)16-8-4-5-13(16)10-15-3;/h6-7,9,13,15H,4-5,8,10H2,1-3H3;1H. The Morgan fingerprint density at radius 2 is 2.05 bits per heavy atom. The molecule has 1 aliphatic heterocycles. The van der Waals surface area contributed by atoms with Gasteiger partial charge in [0.1, 0.15) is 0 Å². The van der Waals surface area contributed by atoms with E-state index in [-0.39, 0.29) is 18.4 Å². The lowest BCUT2D eigenvalue weighted by atomic mass is 10.2. The number of aryl methyl sites for hydroxylation is 2. The Morgan fingerprint density at radius 1 is 1.35 bits per heavy atom. The molecular formula is C14H23ClN2O2S. The van der Waals surface area contributed by atoms with Gasteiger partial charge in [-0.05, 0) is 50.9 Å². The van der Waals surface area contributed by atoms with E-state index in [4.69, 9.17) is 0 Å². The summed E-state index contributed by atoms with van der Waals surface area (Å²) in [5.41, 5.74) is 1.80. The van der Waals surface area contributed by atoms with Crippen LogP contribution < -0.4 is 5.32 Å². The average molecular weight is 319 g/mol. The highest BCUT2D eigenvalue weighted by Crippen LogP contribution is 2.28. The summed E-state index contributed by atoms with van der Waals surface area (Å²) in [5, 5.41) is 3.08. The fraction of sp³-hybridized carbons (Fsp3) is 0.571. The number of hydrogen-bond donors (Lipinski definition) is 1. The van der Waals surface area contributed by atoms with Gasteiger partial charge in [-0.2, -0.15) is 4.31 Å². The third-order valence-corrected chi connectivity index (χ3v) is 5.79. The number of nitrogens with zero attached hydrogens (tertiary/aromatic N) is 1. The molecule has 0 spiro atoms. The van der Waals surface area contributed by atoms with Crippen LogP contribution in [-0.4, -0.2) is 38.9 Å². The molecule has 0 bridgehead atoms. The van der Waals surface area contributed by atoms with Gasteiger partial charge < -0.3 is 5.32 Å². The Kier molecular flexibility index (Phi) is 6.01. The molecule has 1 atom stereocenters. The van der Waals surface area contributed by atoms with E-state index in [1.807, 2.05) is 33.0 Å². The van der Waals surface area contributed by atoms with Crippen LogP contribution in [0.25, 0.3) is 0 Å². The SMILES string of the molecule is CNCC1CCCN1S(=O)(=O)c1cc(C)ccc1C.Cl. The van der Waals surface area contributed by atoms with Crippen LogP contribution in [0.2, 0.25) is 0 Å². The van der Waals surface area contributed by atoms with Crippen molar-refractivity contribution in [3.63, 3.8) is 0 Å². The molecule has 1 saturated heterocycles. The van der Waals surface area contributed by atoms with Crippen LogP contribution >= 0.6 is 12.4 Å². The van der Waals surface area contributed by atoms with E-state index in [0.717, 1.165) is 24.0 Å². The predicted octanol–water partition coefficient (Wildman–Crippen LogP) is 2.10. The number of benzene rings is 1. The Balaban J connectivity index is 0.00000200. The second-order valence-corrected chi connectivity index (χ2v) is 7.10. The minimum Gasteiger partial charge on any atom is -0.318 e. The zero-order chi connectivity index (χ0) is 14.0. The Labute approximate surface area is 128 Å². The summed E-state index contributed by atoms with van der Waals surface area (Å²) >= 11 is 0. The van der Waals surface area contributed by atoms with Gasteiger partial charge in [0.15, 0.2) is 0 Å². The van der Waals surface area contributed by atoms with Crippen molar-refractivity contribution in [3.8, 4) is 0 Å². The molecule has 0 amide bonds. The molecule has 1 fully saturated rings. The number of sulfonamides is 1. The van der Waals surface area contributed by atoms with Crippen molar-refractivity contribution in [1.82, 2.24) is 9.62 Å². The van der Waals surface area contributed by atoms with Crippen LogP contribution in [-0.2, 0) is 10.0 Å². The summed E-state index contributed by atoms with van der Waals surface area (Å²) in [6.07, 6.45) is 1.88. The summed E-state index contributed by atoms with van der Waals surface area (Å²) < 4.78 is 27.2. The highest BCUT2D eigenvalue weighted by molar-refractivity contribution is 7.89. The van der Waals surface area contributed by atoms with E-state index in [2.05, 4.69) is 5.32 Å². The number of likely N-dealkylation sites (N-methyl/N-ethyl adjacent to an activating group) is 1. The maximum atomic E-state index is 12.8. The Bertz CT molecular complexity index is 560. The van der Waals surface area contributed by atoms with Crippen LogP contribution in [0.15, 0.2) is 23.1 Å². The lowest BCUT2D eigenvalue weighted by Gasteiger charge is -2.24. The van der Waals surface area contributed by atoms with Crippen molar-refractivity contribution in [1.29, 1.82) is 0 Å². The molecule has 114 valence electrons. The summed E-state index contributed by atoms with van der Waals surface area (Å²) in [4.78, 5) is 0.454. The van der Waals surface area contributed by atoms with E-state index < -0.39 is 10.0 Å². The van der Waals surface area contributed by atoms with E-state index in [9.17, 15) is 8.42 Å². The third kappa shape index (κ3) is 3.34. The first kappa shape index (κ1) is 17.4. The smallest absolute Gasteiger partial charge is 0.243 e. The van der Waals surface area contributed by atoms with Gasteiger partial charge in [0.2, 0.25) is 10.0 Å². The molecular weight excluding hydrogens is 296 g/mol. The van der Waals surface area contributed by atoms with Gasteiger partial charge in [0, 0.05) is 19.1 Å². The Morgan fingerprint density at radius 3 is 2.70 bits per heavy atom. The topological polar surface area (TPSA) is 49.4 Å². The van der Waals surface area contributed by atoms with Crippen molar-refractivity contribution in [2.24, 2.45) is 0 Å². The van der Waals surface area contributed by atoms with Crippen LogP contribution in [0, 0.1) is 13.8 Å².